The first-order valence-corrected chi connectivity index (χ1v) is 8.48. The molecule has 0 saturated heterocycles. The van der Waals surface area contributed by atoms with Crippen molar-refractivity contribution >= 4 is 34.8 Å². The van der Waals surface area contributed by atoms with E-state index in [1.165, 1.54) is 6.26 Å². The topological polar surface area (TPSA) is 81.2 Å². The van der Waals surface area contributed by atoms with Gasteiger partial charge in [-0.3, -0.25) is 4.79 Å². The van der Waals surface area contributed by atoms with E-state index in [0.717, 1.165) is 12.1 Å². The minimum Gasteiger partial charge on any atom is -0.444 e. The van der Waals surface area contributed by atoms with Crippen LogP contribution in [0.25, 0.3) is 11.5 Å². The Hall–Kier alpha value is -2.64. The highest BCUT2D eigenvalue weighted by Crippen LogP contribution is 2.28. The maximum absolute atomic E-state index is 13.6. The molecule has 27 heavy (non-hydrogen) atoms. The van der Waals surface area contributed by atoms with Gasteiger partial charge in [-0.15, -0.1) is 0 Å². The maximum atomic E-state index is 13.6. The average molecular weight is 412 g/mol. The third-order valence-corrected chi connectivity index (χ3v) is 4.59. The summed E-state index contributed by atoms with van der Waals surface area (Å²) in [6.07, 6.45) is 1.17. The molecule has 3 N–H and O–H groups in total. The lowest BCUT2D eigenvalue weighted by atomic mass is 10.1. The molecule has 0 aliphatic carbocycles. The molecule has 1 aromatic heterocycles. The van der Waals surface area contributed by atoms with E-state index < -0.39 is 29.3 Å². The van der Waals surface area contributed by atoms with Gasteiger partial charge in [0.05, 0.1) is 16.1 Å². The number of amides is 1. The summed E-state index contributed by atoms with van der Waals surface area (Å²) in [5, 5.41) is 3.28. The van der Waals surface area contributed by atoms with E-state index >= 15 is 0 Å². The predicted molar refractivity (Wildman–Crippen MR) is 98.6 cm³/mol. The van der Waals surface area contributed by atoms with Crippen molar-refractivity contribution in [2.45, 2.75) is 13.0 Å². The Labute approximate surface area is 163 Å². The summed E-state index contributed by atoms with van der Waals surface area (Å²) in [4.78, 5) is 16.4. The molecular formula is C18H13Cl2F2N3O2. The molecule has 0 aliphatic rings. The van der Waals surface area contributed by atoms with E-state index in [4.69, 9.17) is 33.4 Å². The molecule has 1 atom stereocenters. The fourth-order valence-electron chi connectivity index (χ4n) is 2.35. The molecule has 0 unspecified atom stereocenters. The second-order valence-corrected chi connectivity index (χ2v) is 6.57. The van der Waals surface area contributed by atoms with Crippen molar-refractivity contribution in [3.05, 3.63) is 69.5 Å². The average Bonchev–Trinajstić information content (AvgIpc) is 3.11. The normalized spacial score (nSPS) is 12.0. The van der Waals surface area contributed by atoms with Gasteiger partial charge in [-0.1, -0.05) is 23.2 Å². The molecule has 3 rings (SSSR count). The lowest BCUT2D eigenvalue weighted by molar-refractivity contribution is 0.0934. The van der Waals surface area contributed by atoms with Crippen molar-refractivity contribution in [2.24, 2.45) is 0 Å². The summed E-state index contributed by atoms with van der Waals surface area (Å²) < 4.78 is 32.5. The van der Waals surface area contributed by atoms with Gasteiger partial charge in [-0.05, 0) is 42.8 Å². The van der Waals surface area contributed by atoms with Crippen LogP contribution in [0.2, 0.25) is 10.0 Å². The standard InChI is InChI=1S/C18H13Cl2F2N3O2/c1-8(10-5-13(21)16(23)14(22)6-10)24-17(26)15-7-27-18(25-15)9-2-3-11(19)12(20)4-9/h2-8H,23H2,1H3,(H,24,26)/t8-/m1/s1. The molecule has 0 aliphatic heterocycles. The third kappa shape index (κ3) is 4.04. The number of carbonyl (C=O) groups is 1. The Kier molecular flexibility index (Phi) is 5.34. The first-order chi connectivity index (χ1) is 12.8. The number of oxazole rings is 1. The van der Waals surface area contributed by atoms with Gasteiger partial charge < -0.3 is 15.5 Å². The molecule has 5 nitrogen and oxygen atoms in total. The molecular weight excluding hydrogens is 399 g/mol. The summed E-state index contributed by atoms with van der Waals surface area (Å²) in [6, 6.07) is 6.22. The van der Waals surface area contributed by atoms with Crippen LogP contribution in [-0.4, -0.2) is 10.9 Å². The van der Waals surface area contributed by atoms with E-state index in [9.17, 15) is 13.6 Å². The van der Waals surface area contributed by atoms with E-state index in [2.05, 4.69) is 10.3 Å². The molecule has 0 spiro atoms. The number of nitrogens with two attached hydrogens (primary N) is 1. The Morgan fingerprint density at radius 2 is 1.85 bits per heavy atom. The number of halogens is 4. The van der Waals surface area contributed by atoms with Crippen molar-refractivity contribution < 1.29 is 18.0 Å². The quantitative estimate of drug-likeness (QED) is 0.591. The van der Waals surface area contributed by atoms with Gasteiger partial charge in [0, 0.05) is 5.56 Å². The summed E-state index contributed by atoms with van der Waals surface area (Å²) in [7, 11) is 0. The molecule has 1 heterocycles. The van der Waals surface area contributed by atoms with E-state index in [-0.39, 0.29) is 17.1 Å². The zero-order valence-corrected chi connectivity index (χ0v) is 15.4. The summed E-state index contributed by atoms with van der Waals surface area (Å²) >= 11 is 11.8. The minimum atomic E-state index is -0.894. The zero-order chi connectivity index (χ0) is 19.7. The van der Waals surface area contributed by atoms with Crippen LogP contribution in [0, 0.1) is 11.6 Å². The highest BCUT2D eigenvalue weighted by atomic mass is 35.5. The predicted octanol–water partition coefficient (Wildman–Crippen LogP) is 5.00. The SMILES string of the molecule is C[C@@H](NC(=O)c1coc(-c2ccc(Cl)c(Cl)c2)n1)c1cc(F)c(N)c(F)c1. The van der Waals surface area contributed by atoms with Crippen molar-refractivity contribution in [3.63, 3.8) is 0 Å². The molecule has 0 bridgehead atoms. The van der Waals surface area contributed by atoms with Crippen LogP contribution in [0.5, 0.6) is 0 Å². The van der Waals surface area contributed by atoms with E-state index in [0.29, 0.717) is 15.6 Å². The smallest absolute Gasteiger partial charge is 0.273 e. The van der Waals surface area contributed by atoms with E-state index in [1.807, 2.05) is 0 Å². The highest BCUT2D eigenvalue weighted by molar-refractivity contribution is 6.42. The molecule has 140 valence electrons. The molecule has 2 aromatic carbocycles. The molecule has 3 aromatic rings. The molecule has 9 heteroatoms. The zero-order valence-electron chi connectivity index (χ0n) is 13.9. The third-order valence-electron chi connectivity index (χ3n) is 3.85. The van der Waals surface area contributed by atoms with Crippen LogP contribution in [-0.2, 0) is 0 Å². The van der Waals surface area contributed by atoms with Gasteiger partial charge in [0.25, 0.3) is 5.91 Å². The number of aromatic nitrogens is 1. The molecule has 0 fully saturated rings. The van der Waals surface area contributed by atoms with Crippen LogP contribution in [0.3, 0.4) is 0 Å². The van der Waals surface area contributed by atoms with Gasteiger partial charge >= 0.3 is 0 Å². The Balaban J connectivity index is 1.77. The first kappa shape index (κ1) is 19.1. The Bertz CT molecular complexity index is 1000. The molecule has 1 amide bonds. The number of rotatable bonds is 4. The summed E-state index contributed by atoms with van der Waals surface area (Å²) in [6.45, 7) is 1.57. The van der Waals surface area contributed by atoms with Crippen LogP contribution in [0.4, 0.5) is 14.5 Å². The number of hydrogen-bond acceptors (Lipinski definition) is 4. The maximum Gasteiger partial charge on any atom is 0.273 e. The van der Waals surface area contributed by atoms with Crippen LogP contribution >= 0.6 is 23.2 Å². The van der Waals surface area contributed by atoms with Gasteiger partial charge in [0.1, 0.15) is 23.6 Å². The van der Waals surface area contributed by atoms with Crippen LogP contribution in [0.1, 0.15) is 29.0 Å². The number of anilines is 1. The second kappa shape index (κ2) is 7.54. The number of nitrogen functional groups attached to an aromatic ring is 1. The summed E-state index contributed by atoms with van der Waals surface area (Å²) in [5.41, 5.74) is 5.44. The number of benzene rings is 2. The van der Waals surface area contributed by atoms with Crippen LogP contribution in [0.15, 0.2) is 41.0 Å². The van der Waals surface area contributed by atoms with E-state index in [1.54, 1.807) is 25.1 Å². The first-order valence-electron chi connectivity index (χ1n) is 7.72. The largest absolute Gasteiger partial charge is 0.444 e. The number of nitrogens with zero attached hydrogens (tertiary/aromatic N) is 1. The Morgan fingerprint density at radius 1 is 1.19 bits per heavy atom. The number of hydrogen-bond donors (Lipinski definition) is 2. The second-order valence-electron chi connectivity index (χ2n) is 5.76. The molecule has 0 radical (unpaired) electrons. The van der Waals surface area contributed by atoms with Crippen LogP contribution < -0.4 is 11.1 Å². The van der Waals surface area contributed by atoms with Gasteiger partial charge in [-0.25, -0.2) is 13.8 Å². The van der Waals surface area contributed by atoms with Gasteiger partial charge in [0.15, 0.2) is 5.69 Å². The fourth-order valence-corrected chi connectivity index (χ4v) is 2.65. The minimum absolute atomic E-state index is 0.000638. The van der Waals surface area contributed by atoms with Crippen molar-refractivity contribution in [2.75, 3.05) is 5.73 Å². The lowest BCUT2D eigenvalue weighted by Gasteiger charge is -2.14. The number of nitrogens with one attached hydrogen (secondary N) is 1. The summed E-state index contributed by atoms with van der Waals surface area (Å²) in [5.74, 6) is -2.19. The monoisotopic (exact) mass is 411 g/mol. The highest BCUT2D eigenvalue weighted by Gasteiger charge is 2.18. The fraction of sp³-hybridized carbons (Fsp3) is 0.111. The van der Waals surface area contributed by atoms with Crippen molar-refractivity contribution in [1.29, 1.82) is 0 Å². The van der Waals surface area contributed by atoms with Gasteiger partial charge in [-0.2, -0.15) is 0 Å². The lowest BCUT2D eigenvalue weighted by Crippen LogP contribution is -2.27. The van der Waals surface area contributed by atoms with Crippen molar-refractivity contribution in [3.8, 4) is 11.5 Å². The number of carbonyl (C=O) groups excluding carboxylic acids is 1. The Morgan fingerprint density at radius 3 is 2.48 bits per heavy atom. The molecule has 0 saturated carbocycles. The van der Waals surface area contributed by atoms with Gasteiger partial charge in [0.2, 0.25) is 5.89 Å². The van der Waals surface area contributed by atoms with Crippen molar-refractivity contribution in [1.82, 2.24) is 10.3 Å².